The Morgan fingerprint density at radius 1 is 1.25 bits per heavy atom. The molecule has 2 rings (SSSR count). The Kier molecular flexibility index (Phi) is 4.79. The van der Waals surface area contributed by atoms with Gasteiger partial charge in [0, 0.05) is 25.8 Å². The number of nitrogens with two attached hydrogens (primary N) is 1. The fraction of sp³-hybridized carbons (Fsp3) is 0.438. The Balaban J connectivity index is 2.22. The van der Waals surface area contributed by atoms with E-state index < -0.39 is 0 Å². The third-order valence-corrected chi connectivity index (χ3v) is 3.60. The highest BCUT2D eigenvalue weighted by Crippen LogP contribution is 2.21. The Labute approximate surface area is 121 Å². The minimum atomic E-state index is 0.563. The number of rotatable bonds is 6. The average Bonchev–Trinajstić information content (AvgIpc) is 2.89. The molecule has 0 atom stereocenters. The van der Waals surface area contributed by atoms with E-state index >= 15 is 0 Å². The van der Waals surface area contributed by atoms with Gasteiger partial charge in [0.2, 0.25) is 0 Å². The monoisotopic (exact) mass is 272 g/mol. The fourth-order valence-corrected chi connectivity index (χ4v) is 2.47. The number of hydrogen-bond donors (Lipinski definition) is 1. The standard InChI is InChI=1S/C16H24N4/c1-4-14-10-15(20(5-2)18-14)12-19(3)16-9-7-6-8-13(16)11-17/h6-10H,4-5,11-12,17H2,1-3H3. The first-order chi connectivity index (χ1) is 9.69. The van der Waals surface area contributed by atoms with E-state index in [9.17, 15) is 0 Å². The van der Waals surface area contributed by atoms with Crippen LogP contribution in [0.15, 0.2) is 30.3 Å². The molecule has 0 aliphatic rings. The molecular weight excluding hydrogens is 248 g/mol. The maximum atomic E-state index is 5.82. The maximum Gasteiger partial charge on any atom is 0.0625 e. The van der Waals surface area contributed by atoms with Crippen LogP contribution in [0.1, 0.15) is 30.8 Å². The highest BCUT2D eigenvalue weighted by Gasteiger charge is 2.11. The van der Waals surface area contributed by atoms with Crippen molar-refractivity contribution in [2.24, 2.45) is 5.73 Å². The lowest BCUT2D eigenvalue weighted by molar-refractivity contribution is 0.609. The van der Waals surface area contributed by atoms with Crippen molar-refractivity contribution in [2.75, 3.05) is 11.9 Å². The van der Waals surface area contributed by atoms with Crippen LogP contribution >= 0.6 is 0 Å². The minimum Gasteiger partial charge on any atom is -0.368 e. The number of anilines is 1. The fourth-order valence-electron chi connectivity index (χ4n) is 2.47. The third kappa shape index (κ3) is 3.02. The lowest BCUT2D eigenvalue weighted by Crippen LogP contribution is -2.21. The number of hydrogen-bond acceptors (Lipinski definition) is 3. The van der Waals surface area contributed by atoms with Gasteiger partial charge >= 0.3 is 0 Å². The molecule has 1 aromatic heterocycles. The van der Waals surface area contributed by atoms with Gasteiger partial charge in [0.1, 0.15) is 0 Å². The second-order valence-corrected chi connectivity index (χ2v) is 4.99. The Bertz CT molecular complexity index is 559. The zero-order valence-corrected chi connectivity index (χ0v) is 12.6. The summed E-state index contributed by atoms with van der Waals surface area (Å²) in [5.41, 5.74) is 10.6. The predicted octanol–water partition coefficient (Wildman–Crippen LogP) is 2.56. The van der Waals surface area contributed by atoms with Gasteiger partial charge in [0.25, 0.3) is 0 Å². The summed E-state index contributed by atoms with van der Waals surface area (Å²) < 4.78 is 2.08. The Morgan fingerprint density at radius 3 is 2.65 bits per heavy atom. The molecule has 0 amide bonds. The summed E-state index contributed by atoms with van der Waals surface area (Å²) in [5.74, 6) is 0. The van der Waals surface area contributed by atoms with Gasteiger partial charge in [-0.3, -0.25) is 4.68 Å². The Hall–Kier alpha value is -1.81. The summed E-state index contributed by atoms with van der Waals surface area (Å²) in [6.45, 7) is 6.58. The van der Waals surface area contributed by atoms with Gasteiger partial charge in [-0.15, -0.1) is 0 Å². The first kappa shape index (κ1) is 14.6. The van der Waals surface area contributed by atoms with Gasteiger partial charge in [0.15, 0.2) is 0 Å². The SMILES string of the molecule is CCc1cc(CN(C)c2ccccc2CN)n(CC)n1. The summed E-state index contributed by atoms with van der Waals surface area (Å²) in [7, 11) is 2.10. The van der Waals surface area contributed by atoms with Crippen LogP contribution in [0, 0.1) is 0 Å². The van der Waals surface area contributed by atoms with Crippen molar-refractivity contribution < 1.29 is 0 Å². The smallest absolute Gasteiger partial charge is 0.0625 e. The zero-order chi connectivity index (χ0) is 14.5. The van der Waals surface area contributed by atoms with E-state index in [2.05, 4.69) is 59.8 Å². The van der Waals surface area contributed by atoms with Crippen molar-refractivity contribution >= 4 is 5.69 Å². The molecule has 108 valence electrons. The second kappa shape index (κ2) is 6.57. The predicted molar refractivity (Wildman–Crippen MR) is 83.7 cm³/mol. The molecule has 0 bridgehead atoms. The lowest BCUT2D eigenvalue weighted by atomic mass is 10.1. The molecule has 1 heterocycles. The van der Waals surface area contributed by atoms with Crippen molar-refractivity contribution in [3.8, 4) is 0 Å². The molecule has 0 aliphatic carbocycles. The van der Waals surface area contributed by atoms with Gasteiger partial charge < -0.3 is 10.6 Å². The van der Waals surface area contributed by atoms with Crippen LogP contribution in [-0.4, -0.2) is 16.8 Å². The van der Waals surface area contributed by atoms with E-state index in [0.29, 0.717) is 6.54 Å². The quantitative estimate of drug-likeness (QED) is 0.879. The summed E-state index contributed by atoms with van der Waals surface area (Å²) in [5, 5.41) is 4.60. The second-order valence-electron chi connectivity index (χ2n) is 4.99. The number of aromatic nitrogens is 2. The first-order valence-corrected chi connectivity index (χ1v) is 7.24. The van der Waals surface area contributed by atoms with Crippen molar-refractivity contribution in [2.45, 2.75) is 39.9 Å². The topological polar surface area (TPSA) is 47.1 Å². The largest absolute Gasteiger partial charge is 0.368 e. The van der Waals surface area contributed by atoms with E-state index in [1.807, 2.05) is 6.07 Å². The lowest BCUT2D eigenvalue weighted by Gasteiger charge is -2.22. The van der Waals surface area contributed by atoms with E-state index in [-0.39, 0.29) is 0 Å². The molecule has 20 heavy (non-hydrogen) atoms. The third-order valence-electron chi connectivity index (χ3n) is 3.60. The van der Waals surface area contributed by atoms with Crippen LogP contribution in [-0.2, 0) is 26.1 Å². The number of para-hydroxylation sites is 1. The van der Waals surface area contributed by atoms with Gasteiger partial charge in [0.05, 0.1) is 17.9 Å². The van der Waals surface area contributed by atoms with Gasteiger partial charge in [-0.05, 0) is 31.0 Å². The zero-order valence-electron chi connectivity index (χ0n) is 12.6. The molecule has 0 spiro atoms. The van der Waals surface area contributed by atoms with E-state index in [1.54, 1.807) is 0 Å². The van der Waals surface area contributed by atoms with Crippen molar-refractivity contribution in [1.82, 2.24) is 9.78 Å². The molecule has 0 unspecified atom stereocenters. The molecule has 0 radical (unpaired) electrons. The molecule has 1 aromatic carbocycles. The van der Waals surface area contributed by atoms with E-state index in [4.69, 9.17) is 5.73 Å². The molecular formula is C16H24N4. The van der Waals surface area contributed by atoms with Gasteiger partial charge in [-0.25, -0.2) is 0 Å². The van der Waals surface area contributed by atoms with E-state index in [0.717, 1.165) is 25.2 Å². The molecule has 0 aliphatic heterocycles. The molecule has 2 N–H and O–H groups in total. The molecule has 0 saturated heterocycles. The molecule has 2 aromatic rings. The van der Waals surface area contributed by atoms with Gasteiger partial charge in [-0.2, -0.15) is 5.10 Å². The van der Waals surface area contributed by atoms with Crippen molar-refractivity contribution in [1.29, 1.82) is 0 Å². The molecule has 0 fully saturated rings. The molecule has 4 heteroatoms. The normalized spacial score (nSPS) is 10.8. The van der Waals surface area contributed by atoms with Crippen LogP contribution in [0.4, 0.5) is 5.69 Å². The van der Waals surface area contributed by atoms with Gasteiger partial charge in [-0.1, -0.05) is 25.1 Å². The minimum absolute atomic E-state index is 0.563. The van der Waals surface area contributed by atoms with Crippen molar-refractivity contribution in [3.63, 3.8) is 0 Å². The first-order valence-electron chi connectivity index (χ1n) is 7.24. The summed E-state index contributed by atoms with van der Waals surface area (Å²) >= 11 is 0. The highest BCUT2D eigenvalue weighted by molar-refractivity contribution is 5.53. The average molecular weight is 272 g/mol. The van der Waals surface area contributed by atoms with Crippen LogP contribution in [0.5, 0.6) is 0 Å². The van der Waals surface area contributed by atoms with Crippen LogP contribution in [0.2, 0.25) is 0 Å². The summed E-state index contributed by atoms with van der Waals surface area (Å²) in [6.07, 6.45) is 0.975. The number of aryl methyl sites for hydroxylation is 2. The summed E-state index contributed by atoms with van der Waals surface area (Å²) in [6, 6.07) is 10.5. The number of nitrogens with zero attached hydrogens (tertiary/aromatic N) is 3. The van der Waals surface area contributed by atoms with E-state index in [1.165, 1.54) is 16.9 Å². The highest BCUT2D eigenvalue weighted by atomic mass is 15.3. The molecule has 0 saturated carbocycles. The van der Waals surface area contributed by atoms with Crippen LogP contribution in [0.3, 0.4) is 0 Å². The van der Waals surface area contributed by atoms with Crippen molar-refractivity contribution in [3.05, 3.63) is 47.3 Å². The number of benzene rings is 1. The summed E-state index contributed by atoms with van der Waals surface area (Å²) in [4.78, 5) is 2.24. The maximum absolute atomic E-state index is 5.82. The van der Waals surface area contributed by atoms with Crippen LogP contribution in [0.25, 0.3) is 0 Å². The Morgan fingerprint density at radius 2 is 2.00 bits per heavy atom. The van der Waals surface area contributed by atoms with Crippen LogP contribution < -0.4 is 10.6 Å². The molecule has 4 nitrogen and oxygen atoms in total.